The van der Waals surface area contributed by atoms with Gasteiger partial charge in [-0.3, -0.25) is 9.69 Å². The first-order valence-electron chi connectivity index (χ1n) is 14.0. The molecule has 7 rings (SSSR count). The van der Waals surface area contributed by atoms with E-state index in [9.17, 15) is 4.79 Å². The van der Waals surface area contributed by atoms with Crippen molar-refractivity contribution in [1.82, 2.24) is 29.5 Å². The summed E-state index contributed by atoms with van der Waals surface area (Å²) in [4.78, 5) is 28.9. The number of nitrogens with zero attached hydrogens (tertiary/aromatic N) is 7. The summed E-state index contributed by atoms with van der Waals surface area (Å²) in [6.45, 7) is 8.85. The van der Waals surface area contributed by atoms with Gasteiger partial charge in [-0.15, -0.1) is 11.3 Å². The number of aromatic nitrogens is 4. The number of thiophene rings is 1. The molecule has 5 aromatic rings. The Morgan fingerprint density at radius 2 is 1.85 bits per heavy atom. The van der Waals surface area contributed by atoms with Crippen LogP contribution in [-0.2, 0) is 6.54 Å². The van der Waals surface area contributed by atoms with Crippen LogP contribution in [0.2, 0.25) is 0 Å². The first-order valence-corrected chi connectivity index (χ1v) is 14.9. The lowest BCUT2D eigenvalue weighted by Crippen LogP contribution is -2.44. The Morgan fingerprint density at radius 1 is 1.05 bits per heavy atom. The van der Waals surface area contributed by atoms with E-state index in [1.54, 1.807) is 12.3 Å². The van der Waals surface area contributed by atoms with Crippen molar-refractivity contribution in [3.63, 3.8) is 0 Å². The van der Waals surface area contributed by atoms with Gasteiger partial charge in [-0.25, -0.2) is 9.67 Å². The van der Waals surface area contributed by atoms with Crippen LogP contribution < -0.4 is 15.6 Å². The Kier molecular flexibility index (Phi) is 6.77. The summed E-state index contributed by atoms with van der Waals surface area (Å²) in [6, 6.07) is 11.5. The molecule has 0 saturated carbocycles. The van der Waals surface area contributed by atoms with Gasteiger partial charge in [0.05, 0.1) is 5.69 Å². The Bertz CT molecular complexity index is 1750. The third kappa shape index (κ3) is 5.23. The molecule has 2 aliphatic heterocycles. The van der Waals surface area contributed by atoms with E-state index in [1.165, 1.54) is 23.3 Å². The fourth-order valence-corrected chi connectivity index (χ4v) is 6.17. The number of hydrogen-bond acceptors (Lipinski definition) is 10. The van der Waals surface area contributed by atoms with Gasteiger partial charge in [0.1, 0.15) is 4.70 Å². The molecule has 1 aromatic carbocycles. The first-order chi connectivity index (χ1) is 20.0. The Morgan fingerprint density at radius 3 is 2.61 bits per heavy atom. The number of fused-ring (bicyclic) bond motifs is 1. The first kappa shape index (κ1) is 25.9. The number of aryl methyl sites for hydroxylation is 1. The van der Waals surface area contributed by atoms with E-state index in [4.69, 9.17) is 9.40 Å². The highest BCUT2D eigenvalue weighted by atomic mass is 32.1. The summed E-state index contributed by atoms with van der Waals surface area (Å²) in [5.41, 5.74) is 5.67. The minimum absolute atomic E-state index is 0.00629. The van der Waals surface area contributed by atoms with Crippen molar-refractivity contribution in [3.05, 3.63) is 75.7 Å². The predicted octanol–water partition coefficient (Wildman–Crippen LogP) is 4.51. The number of likely N-dealkylation sites (N-methyl/N-ethyl adjacent to an activating group) is 1. The summed E-state index contributed by atoms with van der Waals surface area (Å²) < 4.78 is 8.81. The summed E-state index contributed by atoms with van der Waals surface area (Å²) >= 11 is 1.43. The zero-order chi connectivity index (χ0) is 27.9. The minimum atomic E-state index is 0.00629. The quantitative estimate of drug-likeness (QED) is 0.304. The molecule has 0 radical (unpaired) electrons. The SMILES string of the molecule is Cc1nn(-c2ccnc(Nc3ccc(-c4csc5c(=O)cc(N6CCN(C)CC6)oc45)cc3)n2)cc1CN1CCC1. The number of hydrogen-bond donors (Lipinski definition) is 1. The smallest absolute Gasteiger partial charge is 0.229 e. The highest BCUT2D eigenvalue weighted by Gasteiger charge is 2.20. The monoisotopic (exact) mass is 568 g/mol. The van der Waals surface area contributed by atoms with Crippen LogP contribution in [0.1, 0.15) is 17.7 Å². The number of nitrogens with one attached hydrogen (secondary N) is 1. The standard InChI is InChI=1S/C30H32N8O2S/c1-20-22(17-36-10-3-11-36)18-38(34-20)26-8-9-31-30(33-26)32-23-6-4-21(5-7-23)24-19-41-29-25(39)16-27(40-28(24)29)37-14-12-35(2)13-15-37/h4-9,16,18-19H,3,10-15,17H2,1-2H3,(H,31,32,33). The van der Waals surface area contributed by atoms with E-state index in [2.05, 4.69) is 43.3 Å². The average Bonchev–Trinajstić information content (AvgIpc) is 3.55. The number of benzene rings is 1. The van der Waals surface area contributed by atoms with Crippen molar-refractivity contribution in [3.8, 4) is 16.9 Å². The molecule has 0 atom stereocenters. The zero-order valence-corrected chi connectivity index (χ0v) is 24.0. The van der Waals surface area contributed by atoms with Gasteiger partial charge in [0, 0.05) is 79.4 Å². The van der Waals surface area contributed by atoms with E-state index in [-0.39, 0.29) is 5.43 Å². The molecule has 0 unspecified atom stereocenters. The Hall–Kier alpha value is -4.06. The van der Waals surface area contributed by atoms with Crippen LogP contribution in [0.25, 0.3) is 27.2 Å². The molecule has 0 aliphatic carbocycles. The average molecular weight is 569 g/mol. The van der Waals surface area contributed by atoms with Gasteiger partial charge in [0.2, 0.25) is 11.4 Å². The Labute approximate surface area is 241 Å². The van der Waals surface area contributed by atoms with Crippen molar-refractivity contribution in [2.24, 2.45) is 0 Å². The topological polar surface area (TPSA) is 95.6 Å². The molecule has 0 bridgehead atoms. The van der Waals surface area contributed by atoms with Gasteiger partial charge in [0.15, 0.2) is 17.3 Å². The molecular weight excluding hydrogens is 536 g/mol. The lowest BCUT2D eigenvalue weighted by Gasteiger charge is -2.32. The minimum Gasteiger partial charge on any atom is -0.439 e. The lowest BCUT2D eigenvalue weighted by atomic mass is 10.1. The van der Waals surface area contributed by atoms with E-state index >= 15 is 0 Å². The molecule has 11 heteroatoms. The number of likely N-dealkylation sites (tertiary alicyclic amines) is 1. The van der Waals surface area contributed by atoms with E-state index in [0.29, 0.717) is 27.9 Å². The van der Waals surface area contributed by atoms with Crippen LogP contribution in [-0.4, -0.2) is 75.9 Å². The maximum absolute atomic E-state index is 12.9. The second-order valence-corrected chi connectivity index (χ2v) is 11.7. The van der Waals surface area contributed by atoms with Crippen LogP contribution >= 0.6 is 11.3 Å². The van der Waals surface area contributed by atoms with Crippen LogP contribution in [0.4, 0.5) is 17.5 Å². The molecule has 41 heavy (non-hydrogen) atoms. The molecule has 2 saturated heterocycles. The van der Waals surface area contributed by atoms with Crippen molar-refractivity contribution in [2.75, 3.05) is 56.5 Å². The van der Waals surface area contributed by atoms with Gasteiger partial charge in [-0.1, -0.05) is 12.1 Å². The largest absolute Gasteiger partial charge is 0.439 e. The van der Waals surface area contributed by atoms with Gasteiger partial charge >= 0.3 is 0 Å². The number of rotatable bonds is 7. The summed E-state index contributed by atoms with van der Waals surface area (Å²) in [5.74, 6) is 1.86. The van der Waals surface area contributed by atoms with Crippen molar-refractivity contribution in [2.45, 2.75) is 19.9 Å². The summed E-state index contributed by atoms with van der Waals surface area (Å²) in [7, 11) is 2.11. The zero-order valence-electron chi connectivity index (χ0n) is 23.2. The van der Waals surface area contributed by atoms with E-state index in [0.717, 1.165) is 68.3 Å². The second kappa shape index (κ2) is 10.7. The molecule has 10 nitrogen and oxygen atoms in total. The number of anilines is 3. The van der Waals surface area contributed by atoms with Crippen molar-refractivity contribution < 1.29 is 4.42 Å². The molecule has 2 fully saturated rings. The second-order valence-electron chi connectivity index (χ2n) is 10.8. The Balaban J connectivity index is 1.10. The normalized spacial score (nSPS) is 16.3. The van der Waals surface area contributed by atoms with Crippen molar-refractivity contribution >= 4 is 39.1 Å². The highest BCUT2D eigenvalue weighted by Crippen LogP contribution is 2.35. The van der Waals surface area contributed by atoms with Gasteiger partial charge < -0.3 is 19.5 Å². The molecule has 4 aromatic heterocycles. The van der Waals surface area contributed by atoms with E-state index in [1.807, 2.05) is 47.3 Å². The summed E-state index contributed by atoms with van der Waals surface area (Å²) in [6.07, 6.45) is 5.07. The highest BCUT2D eigenvalue weighted by molar-refractivity contribution is 7.17. The van der Waals surface area contributed by atoms with Gasteiger partial charge in [-0.2, -0.15) is 10.1 Å². The fourth-order valence-electron chi connectivity index (χ4n) is 5.26. The molecule has 6 heterocycles. The van der Waals surface area contributed by atoms with Crippen LogP contribution in [0.5, 0.6) is 0 Å². The maximum atomic E-state index is 12.9. The predicted molar refractivity (Wildman–Crippen MR) is 163 cm³/mol. The van der Waals surface area contributed by atoms with Crippen LogP contribution in [0, 0.1) is 6.92 Å². The fraction of sp³-hybridized carbons (Fsp3) is 0.333. The van der Waals surface area contributed by atoms with E-state index < -0.39 is 0 Å². The van der Waals surface area contributed by atoms with Crippen LogP contribution in [0.15, 0.2) is 63.4 Å². The number of piperazine rings is 1. The summed E-state index contributed by atoms with van der Waals surface area (Å²) in [5, 5.41) is 10.00. The maximum Gasteiger partial charge on any atom is 0.229 e. The van der Waals surface area contributed by atoms with Crippen molar-refractivity contribution in [1.29, 1.82) is 0 Å². The molecule has 2 aliphatic rings. The molecule has 0 spiro atoms. The lowest BCUT2D eigenvalue weighted by molar-refractivity contribution is 0.172. The molecule has 0 amide bonds. The molecular formula is C30H32N8O2S. The molecule has 1 N–H and O–H groups in total. The molecule has 210 valence electrons. The van der Waals surface area contributed by atoms with Gasteiger partial charge in [0.25, 0.3) is 0 Å². The van der Waals surface area contributed by atoms with Gasteiger partial charge in [-0.05, 0) is 51.2 Å². The third-order valence-corrected chi connectivity index (χ3v) is 8.89. The third-order valence-electron chi connectivity index (χ3n) is 7.92. The van der Waals surface area contributed by atoms with Crippen LogP contribution in [0.3, 0.4) is 0 Å².